The van der Waals surface area contributed by atoms with E-state index in [2.05, 4.69) is 0 Å². The van der Waals surface area contributed by atoms with Gasteiger partial charge in [0.1, 0.15) is 46.9 Å². The van der Waals surface area contributed by atoms with Crippen LogP contribution in [0.4, 0.5) is 0 Å². The number of phenolic OH excluding ortho intramolecular Hbond substituents is 3. The number of phenols is 3. The Morgan fingerprint density at radius 1 is 0.914 bits per heavy atom. The Labute approximate surface area is 195 Å². The van der Waals surface area contributed by atoms with Gasteiger partial charge >= 0.3 is 0 Å². The van der Waals surface area contributed by atoms with Crippen molar-refractivity contribution in [3.8, 4) is 45.8 Å². The summed E-state index contributed by atoms with van der Waals surface area (Å²) in [6.45, 7) is -0.686. The van der Waals surface area contributed by atoms with Gasteiger partial charge in [-0.3, -0.25) is 4.79 Å². The van der Waals surface area contributed by atoms with Crippen LogP contribution in [0.3, 0.4) is 0 Å². The van der Waals surface area contributed by atoms with Gasteiger partial charge in [0.15, 0.2) is 17.3 Å². The van der Waals surface area contributed by atoms with E-state index in [4.69, 9.17) is 18.6 Å². The van der Waals surface area contributed by atoms with Gasteiger partial charge < -0.3 is 59.5 Å². The molecule has 3 aromatic rings. The molecule has 4 rings (SSSR count). The fraction of sp³-hybridized carbons (Fsp3) is 0.318. The van der Waals surface area contributed by atoms with Gasteiger partial charge in [0.25, 0.3) is 0 Å². The van der Waals surface area contributed by atoms with Crippen molar-refractivity contribution in [2.24, 2.45) is 0 Å². The second kappa shape index (κ2) is 9.13. The highest BCUT2D eigenvalue weighted by molar-refractivity contribution is 5.88. The molecule has 1 fully saturated rings. The Kier molecular flexibility index (Phi) is 6.36. The summed E-state index contributed by atoms with van der Waals surface area (Å²) < 4.78 is 21.3. The Hall–Kier alpha value is -3.75. The van der Waals surface area contributed by atoms with Gasteiger partial charge in [0, 0.05) is 17.7 Å². The van der Waals surface area contributed by atoms with Crippen LogP contribution >= 0.6 is 0 Å². The Morgan fingerprint density at radius 2 is 1.63 bits per heavy atom. The molecule has 1 unspecified atom stereocenters. The van der Waals surface area contributed by atoms with Gasteiger partial charge in [-0.1, -0.05) is 0 Å². The van der Waals surface area contributed by atoms with E-state index in [1.54, 1.807) is 0 Å². The first-order valence-electron chi connectivity index (χ1n) is 10.2. The van der Waals surface area contributed by atoms with E-state index in [-0.39, 0.29) is 22.6 Å². The molecule has 1 aromatic heterocycles. The number of aromatic hydroxyl groups is 4. The highest BCUT2D eigenvalue weighted by Gasteiger charge is 2.44. The molecule has 1 aliphatic rings. The molecule has 35 heavy (non-hydrogen) atoms. The molecular formula is C22H22O13. The first-order valence-corrected chi connectivity index (χ1v) is 10.2. The molecule has 5 atom stereocenters. The Bertz CT molecular complexity index is 1320. The normalized spacial score (nSPS) is 24.4. The molecule has 0 bridgehead atoms. The molecule has 0 amide bonds. The number of aliphatic hydroxyl groups is 4. The number of benzene rings is 2. The van der Waals surface area contributed by atoms with Gasteiger partial charge in [0.2, 0.25) is 23.2 Å². The zero-order valence-electron chi connectivity index (χ0n) is 18.0. The molecule has 1 saturated heterocycles. The van der Waals surface area contributed by atoms with Gasteiger partial charge in [-0.05, 0) is 12.1 Å². The van der Waals surface area contributed by atoms with Crippen LogP contribution in [0, 0.1) is 0 Å². The summed E-state index contributed by atoms with van der Waals surface area (Å²) in [6.07, 6.45) is -7.88. The average Bonchev–Trinajstić information content (AvgIpc) is 2.83. The second-order valence-electron chi connectivity index (χ2n) is 7.79. The van der Waals surface area contributed by atoms with Crippen molar-refractivity contribution >= 4 is 11.0 Å². The van der Waals surface area contributed by atoms with Gasteiger partial charge in [-0.2, -0.15) is 0 Å². The monoisotopic (exact) mass is 494 g/mol. The number of hydrogen-bond acceptors (Lipinski definition) is 13. The summed E-state index contributed by atoms with van der Waals surface area (Å²) >= 11 is 0. The third-order valence-electron chi connectivity index (χ3n) is 5.56. The number of methoxy groups -OCH3 is 1. The van der Waals surface area contributed by atoms with Gasteiger partial charge in [0.05, 0.1) is 13.7 Å². The fourth-order valence-corrected chi connectivity index (χ4v) is 3.71. The van der Waals surface area contributed by atoms with Crippen molar-refractivity contribution in [2.75, 3.05) is 13.7 Å². The molecule has 13 nitrogen and oxygen atoms in total. The van der Waals surface area contributed by atoms with Crippen LogP contribution in [-0.4, -0.2) is 85.3 Å². The fourth-order valence-electron chi connectivity index (χ4n) is 3.71. The molecule has 0 spiro atoms. The lowest BCUT2D eigenvalue weighted by molar-refractivity contribution is -0.277. The van der Waals surface area contributed by atoms with Crippen molar-refractivity contribution in [3.05, 3.63) is 34.5 Å². The summed E-state index contributed by atoms with van der Waals surface area (Å²) in [5, 5.41) is 79.5. The lowest BCUT2D eigenvalue weighted by Gasteiger charge is -2.39. The standard InChI is InChI=1S/C22H22O13/c1-32-12-3-7(2-10(25)15(12)26)21-19(30)17(28)14-9(24)4-8(5-11(14)34-21)33-22-20(31)18(29)16(27)13(6-23)35-22/h2-5,13,16,18,20,22-27,29-31H,6H2,1H3/t13-,16-,18+,20-,22?/m1/s1. The van der Waals surface area contributed by atoms with Crippen molar-refractivity contribution in [1.82, 2.24) is 0 Å². The van der Waals surface area contributed by atoms with Crippen LogP contribution in [-0.2, 0) is 4.74 Å². The zero-order chi connectivity index (χ0) is 25.6. The van der Waals surface area contributed by atoms with Crippen LogP contribution in [0.5, 0.6) is 34.5 Å². The molecule has 188 valence electrons. The maximum Gasteiger partial charge on any atom is 0.238 e. The van der Waals surface area contributed by atoms with E-state index in [0.717, 1.165) is 18.2 Å². The van der Waals surface area contributed by atoms with Gasteiger partial charge in [-0.15, -0.1) is 0 Å². The lowest BCUT2D eigenvalue weighted by atomic mass is 9.99. The Balaban J connectivity index is 1.79. The largest absolute Gasteiger partial charge is 0.507 e. The van der Waals surface area contributed by atoms with Crippen LogP contribution in [0.2, 0.25) is 0 Å². The number of aliphatic hydroxyl groups excluding tert-OH is 4. The van der Waals surface area contributed by atoms with Crippen molar-refractivity contribution < 1.29 is 59.5 Å². The highest BCUT2D eigenvalue weighted by atomic mass is 16.7. The first kappa shape index (κ1) is 24.4. The molecule has 0 aliphatic carbocycles. The summed E-state index contributed by atoms with van der Waals surface area (Å²) in [4.78, 5) is 12.8. The number of ether oxygens (including phenoxy) is 3. The van der Waals surface area contributed by atoms with Crippen LogP contribution < -0.4 is 14.9 Å². The third-order valence-corrected chi connectivity index (χ3v) is 5.56. The number of fused-ring (bicyclic) bond motifs is 1. The first-order chi connectivity index (χ1) is 16.6. The molecule has 13 heteroatoms. The summed E-state index contributed by atoms with van der Waals surface area (Å²) in [5.74, 6) is -3.57. The molecule has 2 heterocycles. The van der Waals surface area contributed by atoms with Gasteiger partial charge in [-0.25, -0.2) is 0 Å². The maximum atomic E-state index is 12.8. The van der Waals surface area contributed by atoms with E-state index in [1.807, 2.05) is 0 Å². The lowest BCUT2D eigenvalue weighted by Crippen LogP contribution is -2.60. The molecule has 0 radical (unpaired) electrons. The quantitative estimate of drug-likeness (QED) is 0.209. The molecular weight excluding hydrogens is 472 g/mol. The molecule has 1 aliphatic heterocycles. The Morgan fingerprint density at radius 3 is 2.29 bits per heavy atom. The van der Waals surface area contributed by atoms with Crippen molar-refractivity contribution in [2.45, 2.75) is 30.7 Å². The van der Waals surface area contributed by atoms with Crippen LogP contribution in [0.1, 0.15) is 0 Å². The van der Waals surface area contributed by atoms with E-state index in [0.29, 0.717) is 0 Å². The topological polar surface area (TPSA) is 220 Å². The minimum atomic E-state index is -1.74. The number of rotatable bonds is 5. The second-order valence-corrected chi connectivity index (χ2v) is 7.79. The highest BCUT2D eigenvalue weighted by Crippen LogP contribution is 2.42. The van der Waals surface area contributed by atoms with E-state index < -0.39 is 76.9 Å². The van der Waals surface area contributed by atoms with E-state index in [9.17, 15) is 45.6 Å². The van der Waals surface area contributed by atoms with Crippen molar-refractivity contribution in [1.29, 1.82) is 0 Å². The average molecular weight is 494 g/mol. The maximum absolute atomic E-state index is 12.8. The third kappa shape index (κ3) is 4.15. The predicted molar refractivity (Wildman–Crippen MR) is 116 cm³/mol. The van der Waals surface area contributed by atoms with Crippen LogP contribution in [0.15, 0.2) is 33.5 Å². The number of hydrogen-bond donors (Lipinski definition) is 8. The van der Waals surface area contributed by atoms with E-state index in [1.165, 1.54) is 13.2 Å². The summed E-state index contributed by atoms with van der Waals surface area (Å²) in [7, 11) is 1.22. The SMILES string of the molecule is COc1cc(-c2oc3cc(OC4O[C@H](CO)[C@@H](O)[C@H](O)[C@H]4O)cc(O)c3c(=O)c2O)cc(O)c1O. The smallest absolute Gasteiger partial charge is 0.238 e. The predicted octanol–water partition coefficient (Wildman–Crippen LogP) is -0.530. The summed E-state index contributed by atoms with van der Waals surface area (Å²) in [6, 6.07) is 4.29. The minimum Gasteiger partial charge on any atom is -0.507 e. The molecule has 0 saturated carbocycles. The minimum absolute atomic E-state index is 0.0478. The molecule has 2 aromatic carbocycles. The van der Waals surface area contributed by atoms with Crippen LogP contribution in [0.25, 0.3) is 22.3 Å². The molecule has 8 N–H and O–H groups in total. The van der Waals surface area contributed by atoms with E-state index >= 15 is 0 Å². The zero-order valence-corrected chi connectivity index (χ0v) is 18.0. The summed E-state index contributed by atoms with van der Waals surface area (Å²) in [5.41, 5.74) is -1.35. The van der Waals surface area contributed by atoms with Crippen molar-refractivity contribution in [3.63, 3.8) is 0 Å².